The summed E-state index contributed by atoms with van der Waals surface area (Å²) in [6.07, 6.45) is 2.27. The fourth-order valence-corrected chi connectivity index (χ4v) is 3.66. The van der Waals surface area contributed by atoms with Crippen LogP contribution >= 0.6 is 0 Å². The molecule has 1 aliphatic carbocycles. The van der Waals surface area contributed by atoms with Gasteiger partial charge in [0.15, 0.2) is 5.69 Å². The lowest BCUT2D eigenvalue weighted by Crippen LogP contribution is -2.38. The third kappa shape index (κ3) is 3.72. The van der Waals surface area contributed by atoms with Gasteiger partial charge in [0.25, 0.3) is 5.91 Å². The molecule has 0 atom stereocenters. The lowest BCUT2D eigenvalue weighted by molar-refractivity contribution is -0.137. The lowest BCUT2D eigenvalue weighted by Gasteiger charge is -2.22. The van der Waals surface area contributed by atoms with Crippen molar-refractivity contribution in [3.8, 4) is 5.69 Å². The summed E-state index contributed by atoms with van der Waals surface area (Å²) in [5, 5.41) is 13.6. The Kier molecular flexibility index (Phi) is 5.30. The van der Waals surface area contributed by atoms with Crippen LogP contribution in [0.2, 0.25) is 0 Å². The number of nitrogens with zero attached hydrogens (tertiary/aromatic N) is 3. The van der Waals surface area contributed by atoms with E-state index in [-0.39, 0.29) is 18.2 Å². The molecule has 144 valence electrons. The SMILES string of the molecule is Cc1cccc(F)c1-n1nc(C(=O)N(CC(=O)O)CC(C)C)c2c1CCC2. The minimum atomic E-state index is -1.06. The van der Waals surface area contributed by atoms with Gasteiger partial charge in [-0.15, -0.1) is 0 Å². The number of aliphatic carboxylic acids is 1. The number of carbonyl (C=O) groups excluding carboxylic acids is 1. The number of halogens is 1. The number of amides is 1. The van der Waals surface area contributed by atoms with Crippen LogP contribution in [0.15, 0.2) is 18.2 Å². The third-order valence-corrected chi connectivity index (χ3v) is 4.73. The first-order valence-electron chi connectivity index (χ1n) is 9.17. The Hall–Kier alpha value is -2.70. The van der Waals surface area contributed by atoms with E-state index in [2.05, 4.69) is 5.10 Å². The Morgan fingerprint density at radius 1 is 1.33 bits per heavy atom. The molecule has 1 heterocycles. The fraction of sp³-hybridized carbons (Fsp3) is 0.450. The Morgan fingerprint density at radius 2 is 2.07 bits per heavy atom. The first-order valence-corrected chi connectivity index (χ1v) is 9.17. The predicted molar refractivity (Wildman–Crippen MR) is 98.7 cm³/mol. The molecule has 0 saturated heterocycles. The molecule has 0 spiro atoms. The molecule has 2 aromatic rings. The summed E-state index contributed by atoms with van der Waals surface area (Å²) in [6.45, 7) is 5.60. The predicted octanol–water partition coefficient (Wildman–Crippen LogP) is 2.99. The number of aryl methyl sites for hydroxylation is 1. The smallest absolute Gasteiger partial charge is 0.323 e. The van der Waals surface area contributed by atoms with E-state index >= 15 is 0 Å². The molecular weight excluding hydrogens is 349 g/mol. The van der Waals surface area contributed by atoms with Gasteiger partial charge in [0.2, 0.25) is 0 Å². The molecule has 0 aliphatic heterocycles. The fourth-order valence-electron chi connectivity index (χ4n) is 3.66. The van der Waals surface area contributed by atoms with Gasteiger partial charge in [0.05, 0.1) is 0 Å². The van der Waals surface area contributed by atoms with E-state index < -0.39 is 17.7 Å². The second kappa shape index (κ2) is 7.50. The van der Waals surface area contributed by atoms with Crippen molar-refractivity contribution < 1.29 is 19.1 Å². The molecule has 1 amide bonds. The molecular formula is C20H24FN3O3. The molecule has 1 N–H and O–H groups in total. The Labute approximate surface area is 157 Å². The molecule has 0 saturated carbocycles. The largest absolute Gasteiger partial charge is 0.480 e. The molecule has 0 fully saturated rings. The molecule has 6 nitrogen and oxygen atoms in total. The number of para-hydroxylation sites is 1. The second-order valence-electron chi connectivity index (χ2n) is 7.42. The van der Waals surface area contributed by atoms with Crippen molar-refractivity contribution in [2.45, 2.75) is 40.0 Å². The first kappa shape index (κ1) is 19.1. The highest BCUT2D eigenvalue weighted by atomic mass is 19.1. The van der Waals surface area contributed by atoms with Crippen molar-refractivity contribution in [3.05, 3.63) is 46.5 Å². The van der Waals surface area contributed by atoms with Gasteiger partial charge in [0, 0.05) is 17.8 Å². The van der Waals surface area contributed by atoms with Crippen molar-refractivity contribution in [2.24, 2.45) is 5.92 Å². The van der Waals surface area contributed by atoms with Crippen molar-refractivity contribution in [1.82, 2.24) is 14.7 Å². The van der Waals surface area contributed by atoms with Crippen LogP contribution < -0.4 is 0 Å². The number of rotatable bonds is 6. The zero-order valence-corrected chi connectivity index (χ0v) is 15.8. The monoisotopic (exact) mass is 373 g/mol. The summed E-state index contributed by atoms with van der Waals surface area (Å²) < 4.78 is 16.0. The third-order valence-electron chi connectivity index (χ3n) is 4.73. The highest BCUT2D eigenvalue weighted by Gasteiger charge is 2.31. The van der Waals surface area contributed by atoms with Crippen LogP contribution in [0.3, 0.4) is 0 Å². The van der Waals surface area contributed by atoms with E-state index in [0.29, 0.717) is 25.1 Å². The summed E-state index contributed by atoms with van der Waals surface area (Å²) >= 11 is 0. The second-order valence-corrected chi connectivity index (χ2v) is 7.42. The van der Waals surface area contributed by atoms with Gasteiger partial charge in [-0.2, -0.15) is 5.10 Å². The minimum absolute atomic E-state index is 0.122. The van der Waals surface area contributed by atoms with Crippen LogP contribution in [-0.4, -0.2) is 44.8 Å². The van der Waals surface area contributed by atoms with Crippen molar-refractivity contribution >= 4 is 11.9 Å². The van der Waals surface area contributed by atoms with Crippen molar-refractivity contribution in [1.29, 1.82) is 0 Å². The zero-order valence-electron chi connectivity index (χ0n) is 15.8. The highest BCUT2D eigenvalue weighted by molar-refractivity contribution is 5.96. The van der Waals surface area contributed by atoms with Gasteiger partial charge in [-0.3, -0.25) is 9.59 Å². The molecule has 0 unspecified atom stereocenters. The van der Waals surface area contributed by atoms with E-state index in [9.17, 15) is 19.1 Å². The van der Waals surface area contributed by atoms with Crippen molar-refractivity contribution in [3.63, 3.8) is 0 Å². The number of hydrogen-bond donors (Lipinski definition) is 1. The summed E-state index contributed by atoms with van der Waals surface area (Å²) in [5.74, 6) is -1.74. The maximum Gasteiger partial charge on any atom is 0.323 e. The molecule has 3 rings (SSSR count). The summed E-state index contributed by atoms with van der Waals surface area (Å²) in [6, 6.07) is 4.82. The maximum absolute atomic E-state index is 14.5. The van der Waals surface area contributed by atoms with Gasteiger partial charge in [-0.05, 0) is 43.7 Å². The van der Waals surface area contributed by atoms with E-state index in [1.165, 1.54) is 15.6 Å². The van der Waals surface area contributed by atoms with Gasteiger partial charge in [0.1, 0.15) is 18.0 Å². The summed E-state index contributed by atoms with van der Waals surface area (Å²) in [4.78, 5) is 25.6. The van der Waals surface area contributed by atoms with Gasteiger partial charge in [-0.25, -0.2) is 9.07 Å². The number of fused-ring (bicyclic) bond motifs is 1. The van der Waals surface area contributed by atoms with Crippen LogP contribution in [-0.2, 0) is 17.6 Å². The van der Waals surface area contributed by atoms with Crippen LogP contribution in [0, 0.1) is 18.7 Å². The molecule has 0 radical (unpaired) electrons. The van der Waals surface area contributed by atoms with Crippen LogP contribution in [0.25, 0.3) is 5.69 Å². The number of carboxylic acid groups (broad SMARTS) is 1. The van der Waals surface area contributed by atoms with E-state index in [0.717, 1.165) is 23.2 Å². The molecule has 1 aliphatic rings. The van der Waals surface area contributed by atoms with E-state index in [1.807, 2.05) is 13.8 Å². The van der Waals surface area contributed by atoms with Crippen LogP contribution in [0.5, 0.6) is 0 Å². The average molecular weight is 373 g/mol. The molecule has 0 bridgehead atoms. The zero-order chi connectivity index (χ0) is 19.7. The summed E-state index contributed by atoms with van der Waals surface area (Å²) in [5.41, 5.74) is 2.97. The Morgan fingerprint density at radius 3 is 2.70 bits per heavy atom. The number of benzene rings is 1. The number of carboxylic acids is 1. The van der Waals surface area contributed by atoms with Crippen LogP contribution in [0.4, 0.5) is 4.39 Å². The molecule has 7 heteroatoms. The maximum atomic E-state index is 14.5. The lowest BCUT2D eigenvalue weighted by atomic mass is 10.1. The van der Waals surface area contributed by atoms with Crippen molar-refractivity contribution in [2.75, 3.05) is 13.1 Å². The Bertz CT molecular complexity index is 869. The first-order chi connectivity index (χ1) is 12.8. The minimum Gasteiger partial charge on any atom is -0.480 e. The van der Waals surface area contributed by atoms with Gasteiger partial charge in [-0.1, -0.05) is 26.0 Å². The van der Waals surface area contributed by atoms with Crippen LogP contribution in [0.1, 0.15) is 47.6 Å². The van der Waals surface area contributed by atoms with Gasteiger partial charge >= 0.3 is 5.97 Å². The number of carbonyl (C=O) groups is 2. The standard InChI is InChI=1S/C20H24FN3O3/c1-12(2)10-23(11-17(25)26)20(27)18-14-7-5-9-16(14)24(22-18)19-13(3)6-4-8-15(19)21/h4,6,8,12H,5,7,9-11H2,1-3H3,(H,25,26). The molecule has 27 heavy (non-hydrogen) atoms. The normalized spacial score (nSPS) is 13.1. The quantitative estimate of drug-likeness (QED) is 0.845. The number of aromatic nitrogens is 2. The molecule has 1 aromatic carbocycles. The number of hydrogen-bond acceptors (Lipinski definition) is 3. The average Bonchev–Trinajstić information content (AvgIpc) is 3.16. The summed E-state index contributed by atoms with van der Waals surface area (Å²) in [7, 11) is 0. The molecule has 1 aromatic heterocycles. The Balaban J connectivity index is 2.07. The van der Waals surface area contributed by atoms with Gasteiger partial charge < -0.3 is 10.0 Å². The van der Waals surface area contributed by atoms with E-state index in [4.69, 9.17) is 0 Å². The topological polar surface area (TPSA) is 75.4 Å². The highest BCUT2D eigenvalue weighted by Crippen LogP contribution is 2.30. The van der Waals surface area contributed by atoms with E-state index in [1.54, 1.807) is 19.1 Å².